The Hall–Kier alpha value is -4.37. The van der Waals surface area contributed by atoms with Crippen LogP contribution >= 0.6 is 0 Å². The molecule has 2 aromatic heterocycles. The molecule has 0 aliphatic carbocycles. The predicted molar refractivity (Wildman–Crippen MR) is 137 cm³/mol. The maximum atomic E-state index is 13.5. The van der Waals surface area contributed by atoms with Crippen molar-refractivity contribution in [2.75, 3.05) is 13.7 Å². The molecular formula is C28H25FN6O2. The lowest BCUT2D eigenvalue weighted by atomic mass is 9.96. The van der Waals surface area contributed by atoms with Crippen LogP contribution in [0.4, 0.5) is 4.39 Å². The van der Waals surface area contributed by atoms with Crippen LogP contribution < -0.4 is 10.3 Å². The minimum absolute atomic E-state index is 0.207. The van der Waals surface area contributed by atoms with E-state index in [1.807, 2.05) is 30.3 Å². The van der Waals surface area contributed by atoms with E-state index in [0.29, 0.717) is 35.7 Å². The fraction of sp³-hybridized carbons (Fsp3) is 0.214. The Morgan fingerprint density at radius 3 is 2.68 bits per heavy atom. The number of aromatic amines is 1. The van der Waals surface area contributed by atoms with E-state index in [9.17, 15) is 9.18 Å². The van der Waals surface area contributed by atoms with Crippen LogP contribution in [0.15, 0.2) is 77.6 Å². The highest BCUT2D eigenvalue weighted by molar-refractivity contribution is 5.80. The Balaban J connectivity index is 1.46. The molecule has 1 atom stereocenters. The number of rotatable bonds is 6. The van der Waals surface area contributed by atoms with Crippen molar-refractivity contribution in [2.24, 2.45) is 0 Å². The van der Waals surface area contributed by atoms with Crippen LogP contribution in [0.5, 0.6) is 5.75 Å². The van der Waals surface area contributed by atoms with Gasteiger partial charge in [0.05, 0.1) is 19.2 Å². The number of nitrogens with one attached hydrogen (secondary N) is 1. The first-order valence-corrected chi connectivity index (χ1v) is 12.1. The zero-order valence-corrected chi connectivity index (χ0v) is 20.3. The summed E-state index contributed by atoms with van der Waals surface area (Å²) in [6, 6.07) is 21.7. The first-order valence-electron chi connectivity index (χ1n) is 12.1. The summed E-state index contributed by atoms with van der Waals surface area (Å²) in [5.74, 6) is 0.926. The van der Waals surface area contributed by atoms with Crippen molar-refractivity contribution in [1.82, 2.24) is 30.1 Å². The third-order valence-electron chi connectivity index (χ3n) is 6.95. The fourth-order valence-electron chi connectivity index (χ4n) is 5.05. The number of hydrogen-bond donors (Lipinski definition) is 1. The lowest BCUT2D eigenvalue weighted by molar-refractivity contribution is 0.194. The molecular weight excluding hydrogens is 471 g/mol. The largest absolute Gasteiger partial charge is 0.497 e. The molecule has 8 nitrogen and oxygen atoms in total. The summed E-state index contributed by atoms with van der Waals surface area (Å²) in [5.41, 5.74) is 4.44. The first-order chi connectivity index (χ1) is 18.1. The maximum absolute atomic E-state index is 13.5. The summed E-state index contributed by atoms with van der Waals surface area (Å²) in [4.78, 5) is 18.8. The monoisotopic (exact) mass is 496 g/mol. The highest BCUT2D eigenvalue weighted by Crippen LogP contribution is 2.32. The number of fused-ring (bicyclic) bond motifs is 2. The van der Waals surface area contributed by atoms with Gasteiger partial charge in [0.1, 0.15) is 17.6 Å². The molecule has 3 heterocycles. The van der Waals surface area contributed by atoms with Gasteiger partial charge in [0.25, 0.3) is 5.56 Å². The Morgan fingerprint density at radius 2 is 1.86 bits per heavy atom. The van der Waals surface area contributed by atoms with Crippen molar-refractivity contribution in [3.8, 4) is 5.75 Å². The molecule has 0 bridgehead atoms. The molecule has 3 aromatic carbocycles. The zero-order valence-electron chi connectivity index (χ0n) is 20.3. The molecule has 9 heteroatoms. The predicted octanol–water partition coefficient (Wildman–Crippen LogP) is 3.86. The Kier molecular flexibility index (Phi) is 5.97. The Bertz CT molecular complexity index is 1630. The Labute approximate surface area is 212 Å². The quantitative estimate of drug-likeness (QED) is 0.384. The number of halogens is 1. The van der Waals surface area contributed by atoms with Crippen LogP contribution in [0.25, 0.3) is 10.9 Å². The standard InChI is InChI=1S/C28H25FN6O2/c1-37-23-11-8-20-14-24(28(36)30-25(20)15-23)26(34-13-12-19-4-2-3-5-21(19)17-34)27-31-32-33-35(27)16-18-6-9-22(29)10-7-18/h2-11,14-15,26H,12-13,16-17H2,1H3,(H,30,36)/t26-/m0/s1. The van der Waals surface area contributed by atoms with Gasteiger partial charge in [0, 0.05) is 24.7 Å². The smallest absolute Gasteiger partial charge is 0.253 e. The second-order valence-corrected chi connectivity index (χ2v) is 9.22. The van der Waals surface area contributed by atoms with Crippen molar-refractivity contribution >= 4 is 10.9 Å². The fourth-order valence-corrected chi connectivity index (χ4v) is 5.05. The summed E-state index contributed by atoms with van der Waals surface area (Å²) < 4.78 is 20.5. The van der Waals surface area contributed by atoms with Gasteiger partial charge in [-0.25, -0.2) is 9.07 Å². The Morgan fingerprint density at radius 1 is 1.05 bits per heavy atom. The first kappa shape index (κ1) is 23.1. The summed E-state index contributed by atoms with van der Waals surface area (Å²) in [7, 11) is 1.60. The number of hydrogen-bond acceptors (Lipinski definition) is 6. The van der Waals surface area contributed by atoms with Gasteiger partial charge in [-0.1, -0.05) is 36.4 Å². The van der Waals surface area contributed by atoms with E-state index in [-0.39, 0.29) is 11.4 Å². The molecule has 0 fully saturated rings. The highest BCUT2D eigenvalue weighted by atomic mass is 19.1. The van der Waals surface area contributed by atoms with Crippen LogP contribution in [0.2, 0.25) is 0 Å². The third-order valence-corrected chi connectivity index (χ3v) is 6.95. The van der Waals surface area contributed by atoms with E-state index < -0.39 is 6.04 Å². The number of ether oxygens (including phenoxy) is 1. The summed E-state index contributed by atoms with van der Waals surface area (Å²) in [6.07, 6.45) is 0.856. The number of H-pyrrole nitrogens is 1. The summed E-state index contributed by atoms with van der Waals surface area (Å²) >= 11 is 0. The van der Waals surface area contributed by atoms with Gasteiger partial charge in [-0.05, 0) is 69.3 Å². The topological polar surface area (TPSA) is 88.9 Å². The van der Waals surface area contributed by atoms with Crippen LogP contribution in [0.1, 0.15) is 34.1 Å². The minimum Gasteiger partial charge on any atom is -0.497 e. The molecule has 0 radical (unpaired) electrons. The van der Waals surface area contributed by atoms with Crippen molar-refractivity contribution in [3.63, 3.8) is 0 Å². The molecule has 0 saturated heterocycles. The van der Waals surface area contributed by atoms with Crippen molar-refractivity contribution in [1.29, 1.82) is 0 Å². The second kappa shape index (κ2) is 9.59. The lowest BCUT2D eigenvalue weighted by Crippen LogP contribution is -2.38. The molecule has 0 spiro atoms. The number of aromatic nitrogens is 5. The van der Waals surface area contributed by atoms with Crippen LogP contribution in [-0.4, -0.2) is 43.7 Å². The molecule has 1 N–H and O–H groups in total. The molecule has 186 valence electrons. The average molecular weight is 497 g/mol. The van der Waals surface area contributed by atoms with Gasteiger partial charge >= 0.3 is 0 Å². The maximum Gasteiger partial charge on any atom is 0.253 e. The third kappa shape index (κ3) is 4.49. The van der Waals surface area contributed by atoms with E-state index in [1.54, 1.807) is 23.9 Å². The lowest BCUT2D eigenvalue weighted by Gasteiger charge is -2.34. The summed E-state index contributed by atoms with van der Waals surface area (Å²) in [5, 5.41) is 13.5. The molecule has 37 heavy (non-hydrogen) atoms. The minimum atomic E-state index is -0.487. The van der Waals surface area contributed by atoms with E-state index in [4.69, 9.17) is 4.74 Å². The number of methoxy groups -OCH3 is 1. The van der Waals surface area contributed by atoms with Crippen LogP contribution in [-0.2, 0) is 19.5 Å². The second-order valence-electron chi connectivity index (χ2n) is 9.22. The number of pyridine rings is 1. The van der Waals surface area contributed by atoms with Crippen molar-refractivity contribution in [2.45, 2.75) is 25.6 Å². The molecule has 1 aliphatic heterocycles. The molecule has 6 rings (SSSR count). The summed E-state index contributed by atoms with van der Waals surface area (Å²) in [6.45, 7) is 1.75. The van der Waals surface area contributed by atoms with Gasteiger partial charge < -0.3 is 9.72 Å². The highest BCUT2D eigenvalue weighted by Gasteiger charge is 2.32. The molecule has 1 aliphatic rings. The van der Waals surface area contributed by atoms with Crippen molar-refractivity contribution in [3.05, 3.63) is 117 Å². The average Bonchev–Trinajstić information content (AvgIpc) is 3.37. The number of nitrogens with zero attached hydrogens (tertiary/aromatic N) is 5. The van der Waals surface area contributed by atoms with E-state index in [1.165, 1.54) is 23.3 Å². The van der Waals surface area contributed by atoms with Gasteiger partial charge in [0.15, 0.2) is 5.82 Å². The molecule has 0 amide bonds. The van der Waals surface area contributed by atoms with Crippen LogP contribution in [0.3, 0.4) is 0 Å². The van der Waals surface area contributed by atoms with Crippen molar-refractivity contribution < 1.29 is 9.13 Å². The number of benzene rings is 3. The molecule has 5 aromatic rings. The normalized spacial score (nSPS) is 14.4. The number of tetrazole rings is 1. The molecule has 0 saturated carbocycles. The SMILES string of the molecule is COc1ccc2cc([C@@H](c3nnnn3Cc3ccc(F)cc3)N3CCc4ccccc4C3)c(=O)[nH]c2c1. The van der Waals surface area contributed by atoms with Gasteiger partial charge in [-0.15, -0.1) is 5.10 Å². The van der Waals surface area contributed by atoms with Gasteiger partial charge in [-0.3, -0.25) is 9.69 Å². The van der Waals surface area contributed by atoms with E-state index >= 15 is 0 Å². The van der Waals surface area contributed by atoms with Gasteiger partial charge in [-0.2, -0.15) is 0 Å². The molecule has 0 unspecified atom stereocenters. The van der Waals surface area contributed by atoms with Crippen LogP contribution in [0, 0.1) is 5.82 Å². The zero-order chi connectivity index (χ0) is 25.4. The van der Waals surface area contributed by atoms with Gasteiger partial charge in [0.2, 0.25) is 0 Å². The van der Waals surface area contributed by atoms with E-state index in [0.717, 1.165) is 23.9 Å². The van der Waals surface area contributed by atoms with E-state index in [2.05, 4.69) is 43.6 Å².